The molecule has 0 amide bonds. The van der Waals surface area contributed by atoms with Crippen LogP contribution in [-0.2, 0) is 4.74 Å². The lowest BCUT2D eigenvalue weighted by atomic mass is 10.2. The van der Waals surface area contributed by atoms with Gasteiger partial charge >= 0.3 is 5.97 Å². The Labute approximate surface area is 94.0 Å². The summed E-state index contributed by atoms with van der Waals surface area (Å²) in [5.41, 5.74) is 3.42. The zero-order valence-electron chi connectivity index (χ0n) is 9.36. The summed E-state index contributed by atoms with van der Waals surface area (Å²) in [7, 11) is 1.39. The summed E-state index contributed by atoms with van der Waals surface area (Å²) >= 11 is 0. The number of fused-ring (bicyclic) bond motifs is 1. The van der Waals surface area contributed by atoms with Crippen molar-refractivity contribution < 1.29 is 9.53 Å². The van der Waals surface area contributed by atoms with Gasteiger partial charge in [-0.15, -0.1) is 0 Å². The molecule has 82 valence electrons. The quantitative estimate of drug-likeness (QED) is 0.721. The maximum atomic E-state index is 11.6. The second kappa shape index (κ2) is 3.85. The van der Waals surface area contributed by atoms with Crippen molar-refractivity contribution in [1.29, 1.82) is 0 Å². The van der Waals surface area contributed by atoms with E-state index in [9.17, 15) is 4.79 Å². The van der Waals surface area contributed by atoms with Crippen LogP contribution in [0.1, 0.15) is 21.6 Å². The number of aromatic nitrogens is 1. The lowest BCUT2D eigenvalue weighted by Gasteiger charge is -2.03. The fourth-order valence-electron chi connectivity index (χ4n) is 1.80. The van der Waals surface area contributed by atoms with Crippen LogP contribution in [0.5, 0.6) is 0 Å². The van der Waals surface area contributed by atoms with Crippen LogP contribution in [0.3, 0.4) is 0 Å². The second-order valence-corrected chi connectivity index (χ2v) is 3.63. The van der Waals surface area contributed by atoms with E-state index in [1.165, 1.54) is 7.11 Å². The molecule has 0 radical (unpaired) electrons. The van der Waals surface area contributed by atoms with Crippen molar-refractivity contribution in [3.05, 3.63) is 47.8 Å². The molecule has 0 unspecified atom stereocenters. The van der Waals surface area contributed by atoms with Gasteiger partial charge in [0, 0.05) is 11.7 Å². The molecule has 3 nitrogen and oxygen atoms in total. The van der Waals surface area contributed by atoms with Crippen molar-refractivity contribution in [1.82, 2.24) is 4.40 Å². The molecule has 0 spiro atoms. The van der Waals surface area contributed by atoms with Crippen LogP contribution in [0, 0.1) is 6.92 Å². The largest absolute Gasteiger partial charge is 0.464 e. The topological polar surface area (TPSA) is 30.7 Å². The number of methoxy groups -OCH3 is 1. The van der Waals surface area contributed by atoms with Crippen molar-refractivity contribution >= 4 is 17.6 Å². The third-order valence-electron chi connectivity index (χ3n) is 2.60. The van der Waals surface area contributed by atoms with E-state index in [2.05, 4.69) is 6.58 Å². The summed E-state index contributed by atoms with van der Waals surface area (Å²) in [5, 5.41) is 0. The Morgan fingerprint density at radius 3 is 2.88 bits per heavy atom. The number of ether oxygens (including phenoxy) is 1. The minimum Gasteiger partial charge on any atom is -0.464 e. The van der Waals surface area contributed by atoms with Gasteiger partial charge < -0.3 is 9.14 Å². The predicted molar refractivity (Wildman–Crippen MR) is 63.6 cm³/mol. The molecule has 2 heterocycles. The van der Waals surface area contributed by atoms with Crippen LogP contribution >= 0.6 is 0 Å². The number of carbonyl (C=O) groups is 1. The number of aryl methyl sites for hydroxylation is 1. The van der Waals surface area contributed by atoms with E-state index in [4.69, 9.17) is 4.74 Å². The highest BCUT2D eigenvalue weighted by atomic mass is 16.5. The van der Waals surface area contributed by atoms with Crippen molar-refractivity contribution in [2.24, 2.45) is 0 Å². The second-order valence-electron chi connectivity index (χ2n) is 3.63. The molecule has 2 rings (SSSR count). The van der Waals surface area contributed by atoms with E-state index in [1.807, 2.05) is 35.7 Å². The van der Waals surface area contributed by atoms with E-state index < -0.39 is 0 Å². The van der Waals surface area contributed by atoms with Crippen LogP contribution < -0.4 is 0 Å². The number of pyridine rings is 1. The van der Waals surface area contributed by atoms with E-state index in [-0.39, 0.29) is 5.97 Å². The first-order chi connectivity index (χ1) is 7.67. The van der Waals surface area contributed by atoms with Gasteiger partial charge in [-0.1, -0.05) is 18.7 Å². The number of hydrogen-bond donors (Lipinski definition) is 0. The van der Waals surface area contributed by atoms with Gasteiger partial charge in [0.05, 0.1) is 7.11 Å². The fraction of sp³-hybridized carbons (Fsp3) is 0.154. The van der Waals surface area contributed by atoms with E-state index in [0.29, 0.717) is 5.69 Å². The molecule has 2 aromatic rings. The fourth-order valence-corrected chi connectivity index (χ4v) is 1.80. The van der Waals surface area contributed by atoms with Gasteiger partial charge in [0.25, 0.3) is 0 Å². The molecule has 0 N–H and O–H groups in total. The standard InChI is InChI=1S/C13H13NO2/c1-4-10-5-6-11-7-9(2)12(13(15)16-3)14(11)8-10/h4-8H,1H2,2-3H3. The Balaban J connectivity index is 2.75. The Morgan fingerprint density at radius 2 is 2.25 bits per heavy atom. The monoisotopic (exact) mass is 215 g/mol. The summed E-state index contributed by atoms with van der Waals surface area (Å²) in [6, 6.07) is 5.87. The molecule has 3 heteroatoms. The summed E-state index contributed by atoms with van der Waals surface area (Å²) in [4.78, 5) is 11.6. The molecule has 0 atom stereocenters. The van der Waals surface area contributed by atoms with Gasteiger partial charge in [-0.05, 0) is 30.2 Å². The molecule has 0 aliphatic rings. The Hall–Kier alpha value is -2.03. The lowest BCUT2D eigenvalue weighted by Crippen LogP contribution is -2.07. The van der Waals surface area contributed by atoms with Crippen LogP contribution in [0.25, 0.3) is 11.6 Å². The van der Waals surface area contributed by atoms with Crippen molar-refractivity contribution in [3.8, 4) is 0 Å². The molecule has 16 heavy (non-hydrogen) atoms. The highest BCUT2D eigenvalue weighted by Gasteiger charge is 2.15. The third kappa shape index (κ3) is 1.50. The molecule has 0 bridgehead atoms. The van der Waals surface area contributed by atoms with Crippen LogP contribution in [-0.4, -0.2) is 17.5 Å². The zero-order chi connectivity index (χ0) is 11.7. The number of hydrogen-bond acceptors (Lipinski definition) is 2. The van der Waals surface area contributed by atoms with Gasteiger partial charge in [-0.2, -0.15) is 0 Å². The predicted octanol–water partition coefficient (Wildman–Crippen LogP) is 2.68. The Bertz CT molecular complexity index is 567. The van der Waals surface area contributed by atoms with Crippen molar-refractivity contribution in [2.75, 3.05) is 7.11 Å². The first-order valence-corrected chi connectivity index (χ1v) is 5.00. The summed E-state index contributed by atoms with van der Waals surface area (Å²) in [6.45, 7) is 5.61. The van der Waals surface area contributed by atoms with E-state index in [0.717, 1.165) is 16.6 Å². The van der Waals surface area contributed by atoms with E-state index >= 15 is 0 Å². The molecule has 0 fully saturated rings. The normalized spacial score (nSPS) is 10.4. The SMILES string of the molecule is C=Cc1ccc2cc(C)c(C(=O)OC)n2c1. The lowest BCUT2D eigenvalue weighted by molar-refractivity contribution is 0.0592. The van der Waals surface area contributed by atoms with Crippen molar-refractivity contribution in [3.63, 3.8) is 0 Å². The van der Waals surface area contributed by atoms with Crippen LogP contribution in [0.15, 0.2) is 31.0 Å². The molecule has 0 aliphatic heterocycles. The zero-order valence-corrected chi connectivity index (χ0v) is 9.36. The first-order valence-electron chi connectivity index (χ1n) is 5.00. The average Bonchev–Trinajstić information content (AvgIpc) is 2.63. The molecule has 0 aliphatic carbocycles. The molecular formula is C13H13NO2. The average molecular weight is 215 g/mol. The minimum absolute atomic E-state index is 0.321. The third-order valence-corrected chi connectivity index (χ3v) is 2.60. The highest BCUT2D eigenvalue weighted by Crippen LogP contribution is 2.18. The minimum atomic E-state index is -0.321. The molecular weight excluding hydrogens is 202 g/mol. The molecule has 0 saturated heterocycles. The van der Waals surface area contributed by atoms with Gasteiger partial charge in [-0.3, -0.25) is 0 Å². The summed E-state index contributed by atoms with van der Waals surface area (Å²) in [6.07, 6.45) is 3.62. The molecule has 0 aromatic carbocycles. The summed E-state index contributed by atoms with van der Waals surface area (Å²) < 4.78 is 6.60. The van der Waals surface area contributed by atoms with Gasteiger partial charge in [0.2, 0.25) is 0 Å². The van der Waals surface area contributed by atoms with Gasteiger partial charge in [0.15, 0.2) is 0 Å². The van der Waals surface area contributed by atoms with Gasteiger partial charge in [-0.25, -0.2) is 4.79 Å². The number of nitrogens with zero attached hydrogens (tertiary/aromatic N) is 1. The summed E-state index contributed by atoms with van der Waals surface area (Å²) in [5.74, 6) is -0.321. The smallest absolute Gasteiger partial charge is 0.355 e. The maximum Gasteiger partial charge on any atom is 0.355 e. The van der Waals surface area contributed by atoms with Crippen molar-refractivity contribution in [2.45, 2.75) is 6.92 Å². The number of esters is 1. The Kier molecular flexibility index (Phi) is 2.52. The van der Waals surface area contributed by atoms with Crippen LogP contribution in [0.4, 0.5) is 0 Å². The molecule has 2 aromatic heterocycles. The number of carbonyl (C=O) groups excluding carboxylic acids is 1. The molecule has 0 saturated carbocycles. The van der Waals surface area contributed by atoms with Gasteiger partial charge in [0.1, 0.15) is 5.69 Å². The Morgan fingerprint density at radius 1 is 1.50 bits per heavy atom. The first kappa shape index (κ1) is 10.5. The number of rotatable bonds is 2. The highest BCUT2D eigenvalue weighted by molar-refractivity contribution is 5.91. The van der Waals surface area contributed by atoms with Crippen LogP contribution in [0.2, 0.25) is 0 Å². The maximum absolute atomic E-state index is 11.6. The van der Waals surface area contributed by atoms with E-state index in [1.54, 1.807) is 6.08 Å².